The largest absolute Gasteiger partial charge is 0.497 e. The number of hydrogen-bond acceptors (Lipinski definition) is 5. The third kappa shape index (κ3) is 4.51. The van der Waals surface area contributed by atoms with Gasteiger partial charge in [0.05, 0.1) is 31.8 Å². The van der Waals surface area contributed by atoms with E-state index in [2.05, 4.69) is 10.6 Å². The Hall–Kier alpha value is -1.96. The van der Waals surface area contributed by atoms with Gasteiger partial charge in [0.25, 0.3) is 0 Å². The van der Waals surface area contributed by atoms with Crippen LogP contribution in [0.2, 0.25) is 0 Å². The zero-order valence-electron chi connectivity index (χ0n) is 13.5. The number of urea groups is 1. The number of methoxy groups -OCH3 is 2. The Morgan fingerprint density at radius 2 is 2.04 bits per heavy atom. The summed E-state index contributed by atoms with van der Waals surface area (Å²) >= 11 is 0. The lowest BCUT2D eigenvalue weighted by Crippen LogP contribution is -2.43. The molecule has 2 atom stereocenters. The highest BCUT2D eigenvalue weighted by Crippen LogP contribution is 2.29. The van der Waals surface area contributed by atoms with Crippen LogP contribution in [0.4, 0.5) is 4.79 Å². The number of carbonyl (C=O) groups excluding carboxylic acids is 1. The van der Waals surface area contributed by atoms with Gasteiger partial charge in [-0.15, -0.1) is 0 Å². The molecule has 0 radical (unpaired) electrons. The van der Waals surface area contributed by atoms with E-state index in [4.69, 9.17) is 9.47 Å². The van der Waals surface area contributed by atoms with E-state index in [0.717, 1.165) is 5.56 Å². The zero-order valence-corrected chi connectivity index (χ0v) is 14.3. The van der Waals surface area contributed by atoms with Crippen molar-refractivity contribution in [2.24, 2.45) is 0 Å². The third-order valence-corrected chi connectivity index (χ3v) is 5.59. The first kappa shape index (κ1) is 17.4. The lowest BCUT2D eigenvalue weighted by atomic mass is 10.1. The monoisotopic (exact) mass is 342 g/mol. The zero-order chi connectivity index (χ0) is 17.0. The summed E-state index contributed by atoms with van der Waals surface area (Å²) < 4.78 is 33.3. The van der Waals surface area contributed by atoms with Gasteiger partial charge < -0.3 is 20.1 Å². The maximum Gasteiger partial charge on any atom is 0.315 e. The topological polar surface area (TPSA) is 93.7 Å². The second-order valence-corrected chi connectivity index (χ2v) is 7.78. The summed E-state index contributed by atoms with van der Waals surface area (Å²) in [5, 5.41) is 5.50. The molecule has 1 aromatic carbocycles. The molecular formula is C15H22N2O5S. The van der Waals surface area contributed by atoms with E-state index in [-0.39, 0.29) is 23.6 Å². The molecule has 8 heteroatoms. The molecule has 0 unspecified atom stereocenters. The van der Waals surface area contributed by atoms with Crippen molar-refractivity contribution in [2.75, 3.05) is 25.7 Å². The van der Waals surface area contributed by atoms with Gasteiger partial charge in [0, 0.05) is 17.7 Å². The molecule has 0 spiro atoms. The molecule has 1 fully saturated rings. The van der Waals surface area contributed by atoms with Crippen LogP contribution in [0.1, 0.15) is 24.9 Å². The predicted molar refractivity (Wildman–Crippen MR) is 86.7 cm³/mol. The normalized spacial score (nSPS) is 20.6. The average molecular weight is 342 g/mol. The summed E-state index contributed by atoms with van der Waals surface area (Å²) in [6.07, 6.45) is 0.454. The summed E-state index contributed by atoms with van der Waals surface area (Å²) in [4.78, 5) is 12.0. The molecule has 7 nitrogen and oxygen atoms in total. The fourth-order valence-corrected chi connectivity index (χ4v) is 4.26. The van der Waals surface area contributed by atoms with Crippen LogP contribution in [-0.4, -0.2) is 46.2 Å². The molecule has 128 valence electrons. The quantitative estimate of drug-likeness (QED) is 0.840. The van der Waals surface area contributed by atoms with Gasteiger partial charge in [-0.1, -0.05) is 0 Å². The van der Waals surface area contributed by atoms with E-state index in [0.29, 0.717) is 17.9 Å². The van der Waals surface area contributed by atoms with Crippen molar-refractivity contribution >= 4 is 15.9 Å². The van der Waals surface area contributed by atoms with E-state index >= 15 is 0 Å². The fourth-order valence-electron chi connectivity index (χ4n) is 2.59. The molecule has 2 N–H and O–H groups in total. The molecule has 1 saturated heterocycles. The predicted octanol–water partition coefficient (Wildman–Crippen LogP) is 1.25. The van der Waals surface area contributed by atoms with Gasteiger partial charge in [0.2, 0.25) is 0 Å². The first-order valence-electron chi connectivity index (χ1n) is 7.34. The van der Waals surface area contributed by atoms with E-state index < -0.39 is 15.9 Å². The molecular weight excluding hydrogens is 320 g/mol. The van der Waals surface area contributed by atoms with Gasteiger partial charge in [-0.3, -0.25) is 0 Å². The molecule has 2 rings (SSSR count). The average Bonchev–Trinajstić information content (AvgIpc) is 2.84. The number of amides is 2. The van der Waals surface area contributed by atoms with E-state index in [9.17, 15) is 13.2 Å². The van der Waals surface area contributed by atoms with E-state index in [1.54, 1.807) is 26.4 Å². The number of carbonyl (C=O) groups is 1. The van der Waals surface area contributed by atoms with Crippen molar-refractivity contribution in [2.45, 2.75) is 25.4 Å². The molecule has 1 aliphatic heterocycles. The number of benzene rings is 1. The number of hydrogen-bond donors (Lipinski definition) is 2. The maximum absolute atomic E-state index is 12.0. The first-order valence-corrected chi connectivity index (χ1v) is 9.16. The molecule has 2 amide bonds. The van der Waals surface area contributed by atoms with E-state index in [1.165, 1.54) is 0 Å². The lowest BCUT2D eigenvalue weighted by Gasteiger charge is -2.19. The fraction of sp³-hybridized carbons (Fsp3) is 0.533. The van der Waals surface area contributed by atoms with Crippen LogP contribution in [0.15, 0.2) is 18.2 Å². The van der Waals surface area contributed by atoms with Crippen LogP contribution in [0.3, 0.4) is 0 Å². The van der Waals surface area contributed by atoms with E-state index in [1.807, 2.05) is 13.0 Å². The van der Waals surface area contributed by atoms with Gasteiger partial charge >= 0.3 is 6.03 Å². The Labute approximate surface area is 136 Å². The maximum atomic E-state index is 12.0. The van der Waals surface area contributed by atoms with Gasteiger partial charge in [0.1, 0.15) is 11.5 Å². The summed E-state index contributed by atoms with van der Waals surface area (Å²) in [6, 6.07) is 4.34. The van der Waals surface area contributed by atoms with Crippen molar-refractivity contribution < 1.29 is 22.7 Å². The Morgan fingerprint density at radius 3 is 2.61 bits per heavy atom. The van der Waals surface area contributed by atoms with Gasteiger partial charge in [-0.2, -0.15) is 0 Å². The third-order valence-electron chi connectivity index (χ3n) is 3.82. The summed E-state index contributed by atoms with van der Waals surface area (Å²) in [6.45, 7) is 1.83. The number of ether oxygens (including phenoxy) is 2. The first-order chi connectivity index (χ1) is 10.8. The van der Waals surface area contributed by atoms with Crippen LogP contribution in [-0.2, 0) is 9.84 Å². The number of sulfone groups is 1. The summed E-state index contributed by atoms with van der Waals surface area (Å²) in [5.41, 5.74) is 0.808. The summed E-state index contributed by atoms with van der Waals surface area (Å²) in [7, 11) is 0.102. The highest BCUT2D eigenvalue weighted by atomic mass is 32.2. The lowest BCUT2D eigenvalue weighted by molar-refractivity contribution is 0.234. The standard InChI is InChI=1S/C15H22N2O5S/c1-10(13-5-4-12(21-2)8-14(13)22-3)16-15(18)17-11-6-7-23(19,20)9-11/h4-5,8,10-11H,6-7,9H2,1-3H3,(H2,16,17,18)/t10-,11-/m0/s1. The molecule has 1 aliphatic rings. The summed E-state index contributed by atoms with van der Waals surface area (Å²) in [5.74, 6) is 1.40. The van der Waals surface area contributed by atoms with Gasteiger partial charge in [0.15, 0.2) is 9.84 Å². The minimum Gasteiger partial charge on any atom is -0.497 e. The van der Waals surface area contributed by atoms with Crippen molar-refractivity contribution in [1.82, 2.24) is 10.6 Å². The van der Waals surface area contributed by atoms with Crippen molar-refractivity contribution in [3.8, 4) is 11.5 Å². The highest BCUT2D eigenvalue weighted by molar-refractivity contribution is 7.91. The van der Waals surface area contributed by atoms with Gasteiger partial charge in [-0.05, 0) is 25.5 Å². The van der Waals surface area contributed by atoms with Crippen LogP contribution in [0.25, 0.3) is 0 Å². The minimum absolute atomic E-state index is 0.000653. The van der Waals surface area contributed by atoms with Crippen LogP contribution in [0, 0.1) is 0 Å². The minimum atomic E-state index is -3.02. The molecule has 0 bridgehead atoms. The SMILES string of the molecule is COc1ccc([C@H](C)NC(=O)N[C@H]2CCS(=O)(=O)C2)c(OC)c1. The van der Waals surface area contributed by atoms with Gasteiger partial charge in [-0.25, -0.2) is 13.2 Å². The Balaban J connectivity index is 1.98. The van der Waals surface area contributed by atoms with Crippen LogP contribution in [0.5, 0.6) is 11.5 Å². The second kappa shape index (κ2) is 7.08. The Bertz CT molecular complexity index is 674. The van der Waals surface area contributed by atoms with Crippen molar-refractivity contribution in [1.29, 1.82) is 0 Å². The van der Waals surface area contributed by atoms with Crippen molar-refractivity contribution in [3.63, 3.8) is 0 Å². The number of rotatable bonds is 5. The molecule has 1 heterocycles. The van der Waals surface area contributed by atoms with Crippen molar-refractivity contribution in [3.05, 3.63) is 23.8 Å². The molecule has 0 saturated carbocycles. The van der Waals surface area contributed by atoms with Crippen LogP contribution < -0.4 is 20.1 Å². The second-order valence-electron chi connectivity index (χ2n) is 5.55. The highest BCUT2D eigenvalue weighted by Gasteiger charge is 2.29. The molecule has 0 aliphatic carbocycles. The molecule has 0 aromatic heterocycles. The Kier molecular flexibility index (Phi) is 5.35. The number of nitrogens with one attached hydrogen (secondary N) is 2. The smallest absolute Gasteiger partial charge is 0.315 e. The molecule has 23 heavy (non-hydrogen) atoms. The molecule has 1 aromatic rings. The Morgan fingerprint density at radius 1 is 1.30 bits per heavy atom. The van der Waals surface area contributed by atoms with Crippen LogP contribution >= 0.6 is 0 Å².